The van der Waals surface area contributed by atoms with Gasteiger partial charge in [0.2, 0.25) is 5.91 Å². The number of nitrogens with one attached hydrogen (secondary N) is 1. The van der Waals surface area contributed by atoms with E-state index in [1.165, 1.54) is 12.1 Å². The Morgan fingerprint density at radius 3 is 1.94 bits per heavy atom. The Bertz CT molecular complexity index is 1160. The van der Waals surface area contributed by atoms with Crippen LogP contribution in [0.2, 0.25) is 0 Å². The number of rotatable bonds is 5. The van der Waals surface area contributed by atoms with Gasteiger partial charge in [-0.05, 0) is 47.5 Å². The molecule has 6 nitrogen and oxygen atoms in total. The zero-order valence-electron chi connectivity index (χ0n) is 15.7. The first-order valence-electron chi connectivity index (χ1n) is 8.83. The Balaban J connectivity index is 2.07. The lowest BCUT2D eigenvalue weighted by molar-refractivity contribution is -0.137. The van der Waals surface area contributed by atoms with Crippen LogP contribution in [0.25, 0.3) is 11.1 Å². The van der Waals surface area contributed by atoms with E-state index in [-0.39, 0.29) is 11.3 Å². The number of alkyl halides is 3. The van der Waals surface area contributed by atoms with E-state index in [2.05, 4.69) is 5.32 Å². The third kappa shape index (κ3) is 4.72. The molecule has 158 valence electrons. The van der Waals surface area contributed by atoms with Crippen LogP contribution in [0.3, 0.4) is 0 Å². The fourth-order valence-corrected chi connectivity index (χ4v) is 2.99. The standard InChI is InChI=1S/C22H15F3N2O4/c23-22(24,25)14-6-8-15(9-7-14)27-20(29)16-10-13(12-4-2-1-3-5-12)11-17(21(30)31)18(16)19(26)28/h1-11H,(H2,26,28)(H,27,29)(H,30,31). The Hall–Kier alpha value is -4.14. The molecule has 4 N–H and O–H groups in total. The number of benzene rings is 3. The van der Waals surface area contributed by atoms with Gasteiger partial charge in [-0.15, -0.1) is 0 Å². The Morgan fingerprint density at radius 1 is 0.839 bits per heavy atom. The van der Waals surface area contributed by atoms with Crippen LogP contribution >= 0.6 is 0 Å². The van der Waals surface area contributed by atoms with Crippen molar-refractivity contribution in [3.63, 3.8) is 0 Å². The number of halogens is 3. The number of carboxylic acids is 1. The van der Waals surface area contributed by atoms with Crippen molar-refractivity contribution in [2.45, 2.75) is 6.18 Å². The van der Waals surface area contributed by atoms with Crippen LogP contribution < -0.4 is 11.1 Å². The first-order valence-corrected chi connectivity index (χ1v) is 8.83. The van der Waals surface area contributed by atoms with E-state index in [9.17, 15) is 32.7 Å². The van der Waals surface area contributed by atoms with Crippen LogP contribution in [0.4, 0.5) is 18.9 Å². The number of nitrogens with two attached hydrogens (primary N) is 1. The largest absolute Gasteiger partial charge is 0.478 e. The van der Waals surface area contributed by atoms with Crippen molar-refractivity contribution >= 4 is 23.5 Å². The molecule has 3 aromatic carbocycles. The molecule has 9 heteroatoms. The number of anilines is 1. The number of carboxylic acid groups (broad SMARTS) is 1. The Labute approximate surface area is 174 Å². The second-order valence-corrected chi connectivity index (χ2v) is 6.51. The number of carbonyl (C=O) groups excluding carboxylic acids is 2. The lowest BCUT2D eigenvalue weighted by atomic mass is 9.93. The SMILES string of the molecule is NC(=O)c1c(C(=O)O)cc(-c2ccccc2)cc1C(=O)Nc1ccc(C(F)(F)F)cc1. The maximum absolute atomic E-state index is 12.8. The predicted molar refractivity (Wildman–Crippen MR) is 107 cm³/mol. The van der Waals surface area contributed by atoms with Gasteiger partial charge in [-0.3, -0.25) is 9.59 Å². The van der Waals surface area contributed by atoms with Crippen molar-refractivity contribution < 1.29 is 32.7 Å². The molecule has 31 heavy (non-hydrogen) atoms. The molecule has 0 saturated carbocycles. The van der Waals surface area contributed by atoms with E-state index in [1.807, 2.05) is 0 Å². The van der Waals surface area contributed by atoms with Gasteiger partial charge in [-0.1, -0.05) is 30.3 Å². The molecule has 0 radical (unpaired) electrons. The summed E-state index contributed by atoms with van der Waals surface area (Å²) in [5.74, 6) is -3.49. The second kappa shape index (κ2) is 8.31. The van der Waals surface area contributed by atoms with Gasteiger partial charge in [0.25, 0.3) is 5.91 Å². The smallest absolute Gasteiger partial charge is 0.416 e. The molecule has 0 bridgehead atoms. The summed E-state index contributed by atoms with van der Waals surface area (Å²) in [7, 11) is 0. The maximum atomic E-state index is 12.8. The van der Waals surface area contributed by atoms with Gasteiger partial charge in [-0.25, -0.2) is 4.79 Å². The average Bonchev–Trinajstić information content (AvgIpc) is 2.73. The second-order valence-electron chi connectivity index (χ2n) is 6.51. The van der Waals surface area contributed by atoms with Crippen molar-refractivity contribution in [3.05, 3.63) is 89.0 Å². The van der Waals surface area contributed by atoms with Crippen LogP contribution in [0.15, 0.2) is 66.7 Å². The molecule has 0 aliphatic carbocycles. The Morgan fingerprint density at radius 2 is 1.42 bits per heavy atom. The molecule has 0 fully saturated rings. The van der Waals surface area contributed by atoms with E-state index in [0.717, 1.165) is 24.3 Å². The molecule has 0 heterocycles. The first-order chi connectivity index (χ1) is 14.6. The summed E-state index contributed by atoms with van der Waals surface area (Å²) in [6.45, 7) is 0. The summed E-state index contributed by atoms with van der Waals surface area (Å²) in [6, 6.07) is 14.7. The summed E-state index contributed by atoms with van der Waals surface area (Å²) < 4.78 is 38.2. The summed E-state index contributed by atoms with van der Waals surface area (Å²) in [6.07, 6.45) is -4.54. The highest BCUT2D eigenvalue weighted by molar-refractivity contribution is 6.16. The van der Waals surface area contributed by atoms with Gasteiger partial charge >= 0.3 is 12.1 Å². The molecule has 2 amide bonds. The molecule has 3 aromatic rings. The lowest BCUT2D eigenvalue weighted by Gasteiger charge is -2.14. The zero-order valence-corrected chi connectivity index (χ0v) is 15.7. The predicted octanol–water partition coefficient (Wildman–Crippen LogP) is 4.42. The summed E-state index contributed by atoms with van der Waals surface area (Å²) in [5.41, 5.74) is 4.11. The molecule has 0 aliphatic rings. The number of hydrogen-bond donors (Lipinski definition) is 3. The van der Waals surface area contributed by atoms with Crippen molar-refractivity contribution in [1.82, 2.24) is 0 Å². The van der Waals surface area contributed by atoms with Crippen molar-refractivity contribution in [1.29, 1.82) is 0 Å². The monoisotopic (exact) mass is 428 g/mol. The quantitative estimate of drug-likeness (QED) is 0.559. The minimum Gasteiger partial charge on any atom is -0.478 e. The van der Waals surface area contributed by atoms with Crippen LogP contribution in [0.5, 0.6) is 0 Å². The van der Waals surface area contributed by atoms with Gasteiger partial charge < -0.3 is 16.2 Å². The normalized spacial score (nSPS) is 11.1. The number of hydrogen-bond acceptors (Lipinski definition) is 3. The number of primary amides is 1. The van der Waals surface area contributed by atoms with Crippen LogP contribution in [0.1, 0.15) is 36.6 Å². The zero-order chi connectivity index (χ0) is 22.8. The van der Waals surface area contributed by atoms with Gasteiger partial charge in [0.1, 0.15) is 0 Å². The topological polar surface area (TPSA) is 109 Å². The molecule has 0 atom stereocenters. The highest BCUT2D eigenvalue weighted by Gasteiger charge is 2.30. The van der Waals surface area contributed by atoms with Gasteiger partial charge in [0.05, 0.1) is 22.3 Å². The maximum Gasteiger partial charge on any atom is 0.416 e. The molecule has 0 aromatic heterocycles. The molecule has 0 spiro atoms. The average molecular weight is 428 g/mol. The van der Waals surface area contributed by atoms with Crippen molar-refractivity contribution in [2.75, 3.05) is 5.32 Å². The van der Waals surface area contributed by atoms with E-state index in [0.29, 0.717) is 11.1 Å². The minimum absolute atomic E-state index is 0.0235. The first kappa shape index (κ1) is 21.6. The van der Waals surface area contributed by atoms with Gasteiger partial charge in [0, 0.05) is 5.69 Å². The van der Waals surface area contributed by atoms with E-state index in [4.69, 9.17) is 5.73 Å². The molecule has 0 saturated heterocycles. The number of amides is 2. The van der Waals surface area contributed by atoms with E-state index >= 15 is 0 Å². The highest BCUT2D eigenvalue weighted by atomic mass is 19.4. The Kier molecular flexibility index (Phi) is 5.78. The number of carbonyl (C=O) groups is 3. The molecular formula is C22H15F3N2O4. The minimum atomic E-state index is -4.54. The van der Waals surface area contributed by atoms with Crippen LogP contribution in [0, 0.1) is 0 Å². The highest BCUT2D eigenvalue weighted by Crippen LogP contribution is 2.30. The van der Waals surface area contributed by atoms with E-state index in [1.54, 1.807) is 30.3 Å². The van der Waals surface area contributed by atoms with Crippen molar-refractivity contribution in [3.8, 4) is 11.1 Å². The fraction of sp³-hybridized carbons (Fsp3) is 0.0455. The van der Waals surface area contributed by atoms with Crippen LogP contribution in [-0.2, 0) is 6.18 Å². The van der Waals surface area contributed by atoms with Crippen molar-refractivity contribution in [2.24, 2.45) is 5.73 Å². The summed E-state index contributed by atoms with van der Waals surface area (Å²) in [4.78, 5) is 36.5. The van der Waals surface area contributed by atoms with Crippen LogP contribution in [-0.4, -0.2) is 22.9 Å². The van der Waals surface area contributed by atoms with E-state index < -0.39 is 40.7 Å². The molecule has 0 aliphatic heterocycles. The lowest BCUT2D eigenvalue weighted by Crippen LogP contribution is -2.24. The summed E-state index contributed by atoms with van der Waals surface area (Å²) >= 11 is 0. The van der Waals surface area contributed by atoms with Gasteiger partial charge in [-0.2, -0.15) is 13.2 Å². The summed E-state index contributed by atoms with van der Waals surface area (Å²) in [5, 5.41) is 11.9. The molecule has 0 unspecified atom stereocenters. The third-order valence-corrected chi connectivity index (χ3v) is 4.44. The van der Waals surface area contributed by atoms with Gasteiger partial charge in [0.15, 0.2) is 0 Å². The number of aromatic carboxylic acids is 1. The molecular weight excluding hydrogens is 413 g/mol. The third-order valence-electron chi connectivity index (χ3n) is 4.44. The fourth-order valence-electron chi connectivity index (χ4n) is 2.99. The molecule has 3 rings (SSSR count).